The van der Waals surface area contributed by atoms with Crippen LogP contribution < -0.4 is 4.90 Å². The Morgan fingerprint density at radius 1 is 0.857 bits per heavy atom. The van der Waals surface area contributed by atoms with Crippen molar-refractivity contribution in [1.82, 2.24) is 14.7 Å². The first-order chi connectivity index (χ1) is 13.6. The molecule has 1 saturated heterocycles. The first kappa shape index (κ1) is 18.3. The van der Waals surface area contributed by atoms with Crippen LogP contribution in [-0.4, -0.2) is 46.8 Å². The zero-order valence-corrected chi connectivity index (χ0v) is 16.7. The molecular weight excluding hydrogens is 348 g/mol. The van der Waals surface area contributed by atoms with Gasteiger partial charge < -0.3 is 9.80 Å². The summed E-state index contributed by atoms with van der Waals surface area (Å²) >= 11 is 0. The summed E-state index contributed by atoms with van der Waals surface area (Å²) in [6.07, 6.45) is 0. The Bertz CT molecular complexity index is 985. The van der Waals surface area contributed by atoms with Gasteiger partial charge in [-0.25, -0.2) is 4.68 Å². The van der Waals surface area contributed by atoms with Crippen LogP contribution in [0.5, 0.6) is 0 Å². The van der Waals surface area contributed by atoms with Crippen molar-refractivity contribution in [2.24, 2.45) is 0 Å². The second kappa shape index (κ2) is 7.50. The van der Waals surface area contributed by atoms with Crippen LogP contribution in [0, 0.1) is 20.8 Å². The van der Waals surface area contributed by atoms with Crippen molar-refractivity contribution >= 4 is 11.6 Å². The molecule has 2 heterocycles. The molecule has 0 bridgehead atoms. The van der Waals surface area contributed by atoms with E-state index >= 15 is 0 Å². The minimum atomic E-state index is 0.0848. The fourth-order valence-corrected chi connectivity index (χ4v) is 4.00. The Balaban J connectivity index is 1.52. The number of amides is 1. The number of hydrogen-bond acceptors (Lipinski definition) is 3. The third kappa shape index (κ3) is 3.28. The summed E-state index contributed by atoms with van der Waals surface area (Å²) in [6, 6.07) is 18.4. The zero-order valence-electron chi connectivity index (χ0n) is 16.7. The minimum Gasteiger partial charge on any atom is -0.368 e. The summed E-state index contributed by atoms with van der Waals surface area (Å²) < 4.78 is 1.87. The molecule has 0 unspecified atom stereocenters. The van der Waals surface area contributed by atoms with Crippen LogP contribution in [0.3, 0.4) is 0 Å². The molecule has 1 aromatic heterocycles. The molecule has 0 N–H and O–H groups in total. The quantitative estimate of drug-likeness (QED) is 0.701. The highest BCUT2D eigenvalue weighted by Crippen LogP contribution is 2.23. The van der Waals surface area contributed by atoms with Gasteiger partial charge in [-0.2, -0.15) is 5.10 Å². The standard InChI is InChI=1S/C23H26N4O/c1-17-9-7-8-12-21(17)25-13-15-26(16-14-25)23(28)22-18(2)24-27(19(22)3)20-10-5-4-6-11-20/h4-12H,13-16H2,1-3H3. The number of hydrogen-bond donors (Lipinski definition) is 0. The van der Waals surface area contributed by atoms with Crippen LogP contribution in [0.15, 0.2) is 54.6 Å². The highest BCUT2D eigenvalue weighted by molar-refractivity contribution is 5.96. The minimum absolute atomic E-state index is 0.0848. The number of para-hydroxylation sites is 2. The van der Waals surface area contributed by atoms with Gasteiger partial charge in [-0.3, -0.25) is 4.79 Å². The topological polar surface area (TPSA) is 41.4 Å². The highest BCUT2D eigenvalue weighted by Gasteiger charge is 2.27. The second-order valence-corrected chi connectivity index (χ2v) is 7.36. The molecule has 5 heteroatoms. The fraction of sp³-hybridized carbons (Fsp3) is 0.304. The molecule has 0 saturated carbocycles. The van der Waals surface area contributed by atoms with E-state index < -0.39 is 0 Å². The summed E-state index contributed by atoms with van der Waals surface area (Å²) in [6.45, 7) is 9.18. The predicted octanol–water partition coefficient (Wildman–Crippen LogP) is 3.76. The lowest BCUT2D eigenvalue weighted by Gasteiger charge is -2.36. The molecule has 2 aromatic carbocycles. The molecule has 1 aliphatic rings. The van der Waals surface area contributed by atoms with Crippen LogP contribution in [0.4, 0.5) is 5.69 Å². The van der Waals surface area contributed by atoms with Crippen molar-refractivity contribution < 1.29 is 4.79 Å². The predicted molar refractivity (Wildman–Crippen MR) is 112 cm³/mol. The molecule has 1 amide bonds. The molecule has 4 rings (SSSR count). The van der Waals surface area contributed by atoms with Gasteiger partial charge in [-0.1, -0.05) is 36.4 Å². The van der Waals surface area contributed by atoms with Gasteiger partial charge in [-0.15, -0.1) is 0 Å². The largest absolute Gasteiger partial charge is 0.368 e. The van der Waals surface area contributed by atoms with Crippen molar-refractivity contribution in [1.29, 1.82) is 0 Å². The van der Waals surface area contributed by atoms with Gasteiger partial charge in [0.1, 0.15) is 0 Å². The van der Waals surface area contributed by atoms with Crippen molar-refractivity contribution in [2.45, 2.75) is 20.8 Å². The summed E-state index contributed by atoms with van der Waals surface area (Å²) in [5.74, 6) is 0.0848. The maximum absolute atomic E-state index is 13.3. The molecule has 1 fully saturated rings. The summed E-state index contributed by atoms with van der Waals surface area (Å²) in [4.78, 5) is 17.6. The second-order valence-electron chi connectivity index (χ2n) is 7.36. The maximum atomic E-state index is 13.3. The van der Waals surface area contributed by atoms with Crippen molar-refractivity contribution in [3.05, 3.63) is 77.1 Å². The maximum Gasteiger partial charge on any atom is 0.257 e. The Morgan fingerprint density at radius 2 is 1.50 bits per heavy atom. The molecule has 0 aliphatic carbocycles. The molecule has 3 aromatic rings. The van der Waals surface area contributed by atoms with E-state index in [2.05, 4.69) is 41.2 Å². The number of aromatic nitrogens is 2. The first-order valence-corrected chi connectivity index (χ1v) is 9.78. The highest BCUT2D eigenvalue weighted by atomic mass is 16.2. The molecule has 28 heavy (non-hydrogen) atoms. The number of benzene rings is 2. The van der Waals surface area contributed by atoms with E-state index in [-0.39, 0.29) is 5.91 Å². The van der Waals surface area contributed by atoms with Crippen LogP contribution in [0.1, 0.15) is 27.3 Å². The third-order valence-electron chi connectivity index (χ3n) is 5.53. The van der Waals surface area contributed by atoms with Gasteiger partial charge in [0.2, 0.25) is 0 Å². The average molecular weight is 374 g/mol. The molecule has 1 aliphatic heterocycles. The number of carbonyl (C=O) groups is 1. The first-order valence-electron chi connectivity index (χ1n) is 9.78. The SMILES string of the molecule is Cc1ccccc1N1CCN(C(=O)c2c(C)nn(-c3ccccc3)c2C)CC1. The number of nitrogens with zero attached hydrogens (tertiary/aromatic N) is 4. The van der Waals surface area contributed by atoms with E-state index in [9.17, 15) is 4.79 Å². The Kier molecular flexibility index (Phi) is 4.90. The van der Waals surface area contributed by atoms with Gasteiger partial charge in [0, 0.05) is 31.9 Å². The van der Waals surface area contributed by atoms with E-state index in [1.165, 1.54) is 11.3 Å². The van der Waals surface area contributed by atoms with E-state index in [1.807, 2.05) is 53.8 Å². The Morgan fingerprint density at radius 3 is 2.18 bits per heavy atom. The molecule has 0 spiro atoms. The summed E-state index contributed by atoms with van der Waals surface area (Å²) in [5, 5.41) is 4.63. The smallest absolute Gasteiger partial charge is 0.257 e. The normalized spacial score (nSPS) is 14.4. The zero-order chi connectivity index (χ0) is 19.7. The fourth-order valence-electron chi connectivity index (χ4n) is 4.00. The Hall–Kier alpha value is -3.08. The van der Waals surface area contributed by atoms with E-state index in [0.29, 0.717) is 0 Å². The number of anilines is 1. The van der Waals surface area contributed by atoms with Gasteiger partial charge in [0.05, 0.1) is 22.6 Å². The number of piperazine rings is 1. The number of aryl methyl sites for hydroxylation is 2. The number of rotatable bonds is 3. The van der Waals surface area contributed by atoms with E-state index in [0.717, 1.165) is 48.8 Å². The third-order valence-corrected chi connectivity index (χ3v) is 5.53. The van der Waals surface area contributed by atoms with Crippen molar-refractivity contribution in [3.63, 3.8) is 0 Å². The summed E-state index contributed by atoms with van der Waals surface area (Å²) in [7, 11) is 0. The van der Waals surface area contributed by atoms with Crippen molar-refractivity contribution in [3.8, 4) is 5.69 Å². The van der Waals surface area contributed by atoms with Gasteiger partial charge in [0.15, 0.2) is 0 Å². The lowest BCUT2D eigenvalue weighted by atomic mass is 10.1. The van der Waals surface area contributed by atoms with Gasteiger partial charge in [0.25, 0.3) is 5.91 Å². The Labute approximate surface area is 166 Å². The average Bonchev–Trinajstić information content (AvgIpc) is 3.03. The van der Waals surface area contributed by atoms with Gasteiger partial charge in [-0.05, 0) is 44.5 Å². The van der Waals surface area contributed by atoms with Gasteiger partial charge >= 0.3 is 0 Å². The molecule has 5 nitrogen and oxygen atoms in total. The van der Waals surface area contributed by atoms with Crippen molar-refractivity contribution in [2.75, 3.05) is 31.1 Å². The van der Waals surface area contributed by atoms with E-state index in [4.69, 9.17) is 0 Å². The summed E-state index contributed by atoms with van der Waals surface area (Å²) in [5.41, 5.74) is 5.93. The molecule has 144 valence electrons. The molecular formula is C23H26N4O. The number of carbonyl (C=O) groups excluding carboxylic acids is 1. The molecule has 0 atom stereocenters. The van der Waals surface area contributed by atoms with Crippen LogP contribution in [0.2, 0.25) is 0 Å². The van der Waals surface area contributed by atoms with E-state index in [1.54, 1.807) is 0 Å². The van der Waals surface area contributed by atoms with Crippen LogP contribution >= 0.6 is 0 Å². The lowest BCUT2D eigenvalue weighted by Crippen LogP contribution is -2.49. The monoisotopic (exact) mass is 374 g/mol. The van der Waals surface area contributed by atoms with Crippen LogP contribution in [-0.2, 0) is 0 Å². The lowest BCUT2D eigenvalue weighted by molar-refractivity contribution is 0.0745. The molecule has 0 radical (unpaired) electrons. The van der Waals surface area contributed by atoms with Crippen LogP contribution in [0.25, 0.3) is 5.69 Å².